The number of fused-ring (bicyclic) bond motifs is 1. The predicted molar refractivity (Wildman–Crippen MR) is 63.0 cm³/mol. The predicted octanol–water partition coefficient (Wildman–Crippen LogP) is -0.271. The summed E-state index contributed by atoms with van der Waals surface area (Å²) >= 11 is 0. The number of ether oxygens (including phenoxy) is 2. The lowest BCUT2D eigenvalue weighted by Gasteiger charge is -2.28. The van der Waals surface area contributed by atoms with Crippen molar-refractivity contribution in [2.45, 2.75) is 31.5 Å². The molecule has 0 radical (unpaired) electrons. The van der Waals surface area contributed by atoms with Crippen LogP contribution in [0.25, 0.3) is 0 Å². The number of rotatable bonds is 2. The summed E-state index contributed by atoms with van der Waals surface area (Å²) in [6.07, 6.45) is 5.13. The Morgan fingerprint density at radius 1 is 1.50 bits per heavy atom. The molecule has 6 nitrogen and oxygen atoms in total. The lowest BCUT2D eigenvalue weighted by molar-refractivity contribution is -0.148. The van der Waals surface area contributed by atoms with Crippen LogP contribution < -0.4 is 5.32 Å². The molecule has 0 saturated carbocycles. The number of amides is 1. The lowest BCUT2D eigenvalue weighted by atomic mass is 10.1. The number of carbonyl (C=O) groups is 1. The molecule has 1 fully saturated rings. The first kappa shape index (κ1) is 11.7. The van der Waals surface area contributed by atoms with Crippen LogP contribution in [0.1, 0.15) is 12.2 Å². The van der Waals surface area contributed by atoms with E-state index in [9.17, 15) is 4.79 Å². The Labute approximate surface area is 105 Å². The molecule has 1 saturated heterocycles. The van der Waals surface area contributed by atoms with Crippen molar-refractivity contribution in [2.24, 2.45) is 0 Å². The van der Waals surface area contributed by atoms with E-state index in [-0.39, 0.29) is 11.9 Å². The zero-order chi connectivity index (χ0) is 12.4. The van der Waals surface area contributed by atoms with E-state index < -0.39 is 6.10 Å². The van der Waals surface area contributed by atoms with Crippen LogP contribution in [0.15, 0.2) is 12.4 Å². The van der Waals surface area contributed by atoms with E-state index in [1.807, 2.05) is 6.20 Å². The van der Waals surface area contributed by atoms with Crippen LogP contribution in [0.5, 0.6) is 0 Å². The lowest BCUT2D eigenvalue weighted by Crippen LogP contribution is -2.49. The summed E-state index contributed by atoms with van der Waals surface area (Å²) < 4.78 is 12.7. The fourth-order valence-corrected chi connectivity index (χ4v) is 2.42. The fourth-order valence-electron chi connectivity index (χ4n) is 2.42. The molecule has 1 amide bonds. The summed E-state index contributed by atoms with van der Waals surface area (Å²) in [6, 6.07) is 0.157. The van der Waals surface area contributed by atoms with Gasteiger partial charge in [-0.1, -0.05) is 0 Å². The van der Waals surface area contributed by atoms with Gasteiger partial charge in [-0.2, -0.15) is 0 Å². The highest BCUT2D eigenvalue weighted by Crippen LogP contribution is 2.13. The summed E-state index contributed by atoms with van der Waals surface area (Å²) in [6.45, 7) is 2.21. The molecular weight excluding hydrogens is 234 g/mol. The molecule has 3 heterocycles. The Morgan fingerprint density at radius 3 is 3.28 bits per heavy atom. The van der Waals surface area contributed by atoms with E-state index in [1.54, 1.807) is 6.20 Å². The second kappa shape index (κ2) is 5.07. The zero-order valence-corrected chi connectivity index (χ0v) is 10.2. The second-order valence-corrected chi connectivity index (χ2v) is 4.67. The third kappa shape index (κ3) is 2.39. The number of nitrogens with zero attached hydrogens (tertiary/aromatic N) is 2. The number of nitrogens with one attached hydrogen (secondary N) is 1. The topological polar surface area (TPSA) is 65.4 Å². The zero-order valence-electron chi connectivity index (χ0n) is 10.2. The second-order valence-electron chi connectivity index (χ2n) is 4.67. The van der Waals surface area contributed by atoms with Crippen LogP contribution in [0.2, 0.25) is 0 Å². The van der Waals surface area contributed by atoms with Gasteiger partial charge in [0.25, 0.3) is 5.91 Å². The minimum atomic E-state index is -0.456. The van der Waals surface area contributed by atoms with Crippen molar-refractivity contribution in [1.29, 1.82) is 0 Å². The van der Waals surface area contributed by atoms with E-state index >= 15 is 0 Å². The molecule has 0 aliphatic carbocycles. The monoisotopic (exact) mass is 251 g/mol. The van der Waals surface area contributed by atoms with Crippen LogP contribution in [-0.2, 0) is 27.2 Å². The van der Waals surface area contributed by atoms with Gasteiger partial charge in [-0.05, 0) is 6.42 Å². The Morgan fingerprint density at radius 2 is 2.44 bits per heavy atom. The van der Waals surface area contributed by atoms with Crippen molar-refractivity contribution >= 4 is 5.91 Å². The molecule has 18 heavy (non-hydrogen) atoms. The molecule has 3 rings (SSSR count). The highest BCUT2D eigenvalue weighted by Gasteiger charge is 2.26. The maximum Gasteiger partial charge on any atom is 0.251 e. The molecule has 2 aliphatic heterocycles. The minimum absolute atomic E-state index is 0.0664. The quantitative estimate of drug-likeness (QED) is 0.786. The van der Waals surface area contributed by atoms with E-state index in [0.29, 0.717) is 19.8 Å². The average Bonchev–Trinajstić information content (AvgIpc) is 2.87. The van der Waals surface area contributed by atoms with Gasteiger partial charge in [-0.3, -0.25) is 4.79 Å². The fraction of sp³-hybridized carbons (Fsp3) is 0.667. The standard InChI is InChI=1S/C12H17N3O3/c16-12(10-8-17-5-6-18-10)14-9-1-2-11-13-3-4-15(11)7-9/h3-4,9-10H,1-2,5-8H2,(H,14,16). The maximum atomic E-state index is 12.0. The highest BCUT2D eigenvalue weighted by atomic mass is 16.6. The van der Waals surface area contributed by atoms with Crippen molar-refractivity contribution in [3.63, 3.8) is 0 Å². The number of hydrogen-bond donors (Lipinski definition) is 1. The maximum absolute atomic E-state index is 12.0. The van der Waals surface area contributed by atoms with Crippen LogP contribution >= 0.6 is 0 Å². The van der Waals surface area contributed by atoms with Gasteiger partial charge in [-0.25, -0.2) is 4.98 Å². The van der Waals surface area contributed by atoms with Crippen LogP contribution in [0.4, 0.5) is 0 Å². The Balaban J connectivity index is 1.56. The number of carbonyl (C=O) groups excluding carboxylic acids is 1. The number of aromatic nitrogens is 2. The van der Waals surface area contributed by atoms with Crippen molar-refractivity contribution in [2.75, 3.05) is 19.8 Å². The Bertz CT molecular complexity index is 426. The summed E-state index contributed by atoms with van der Waals surface area (Å²) in [7, 11) is 0. The molecule has 1 aromatic rings. The van der Waals surface area contributed by atoms with Crippen LogP contribution in [0, 0.1) is 0 Å². The van der Waals surface area contributed by atoms with Gasteiger partial charge in [-0.15, -0.1) is 0 Å². The molecular formula is C12H17N3O3. The third-order valence-electron chi connectivity index (χ3n) is 3.39. The molecule has 98 valence electrons. The van der Waals surface area contributed by atoms with Gasteiger partial charge in [0.05, 0.1) is 19.8 Å². The van der Waals surface area contributed by atoms with Crippen molar-refractivity contribution in [3.05, 3.63) is 18.2 Å². The highest BCUT2D eigenvalue weighted by molar-refractivity contribution is 5.81. The number of hydrogen-bond acceptors (Lipinski definition) is 4. The third-order valence-corrected chi connectivity index (χ3v) is 3.39. The summed E-state index contributed by atoms with van der Waals surface area (Å²) in [5.74, 6) is 1.03. The van der Waals surface area contributed by atoms with E-state index in [2.05, 4.69) is 14.9 Å². The van der Waals surface area contributed by atoms with Gasteiger partial charge < -0.3 is 19.4 Å². The van der Waals surface area contributed by atoms with Gasteiger partial charge in [0.15, 0.2) is 6.10 Å². The van der Waals surface area contributed by atoms with Gasteiger partial charge in [0, 0.05) is 31.4 Å². The number of aryl methyl sites for hydroxylation is 1. The van der Waals surface area contributed by atoms with Crippen molar-refractivity contribution in [3.8, 4) is 0 Å². The van der Waals surface area contributed by atoms with E-state index in [4.69, 9.17) is 9.47 Å². The molecule has 1 N–H and O–H groups in total. The van der Waals surface area contributed by atoms with Crippen molar-refractivity contribution < 1.29 is 14.3 Å². The Hall–Kier alpha value is -1.40. The molecule has 2 atom stereocenters. The van der Waals surface area contributed by atoms with Crippen LogP contribution in [-0.4, -0.2) is 47.4 Å². The minimum Gasteiger partial charge on any atom is -0.376 e. The molecule has 6 heteroatoms. The normalized spacial score (nSPS) is 27.6. The van der Waals surface area contributed by atoms with Gasteiger partial charge in [0.1, 0.15) is 5.82 Å². The Kier molecular flexibility index (Phi) is 3.29. The smallest absolute Gasteiger partial charge is 0.251 e. The number of imidazole rings is 1. The molecule has 1 aromatic heterocycles. The SMILES string of the molecule is O=C(NC1CCc2nccn2C1)C1COCCO1. The summed E-state index contributed by atoms with van der Waals surface area (Å²) in [5, 5.41) is 3.03. The summed E-state index contributed by atoms with van der Waals surface area (Å²) in [5.41, 5.74) is 0. The van der Waals surface area contributed by atoms with Gasteiger partial charge >= 0.3 is 0 Å². The van der Waals surface area contributed by atoms with E-state index in [0.717, 1.165) is 25.2 Å². The molecule has 0 aromatic carbocycles. The first-order chi connectivity index (χ1) is 8.83. The largest absolute Gasteiger partial charge is 0.376 e. The van der Waals surface area contributed by atoms with E-state index in [1.165, 1.54) is 0 Å². The van der Waals surface area contributed by atoms with Crippen LogP contribution in [0.3, 0.4) is 0 Å². The molecule has 2 aliphatic rings. The average molecular weight is 251 g/mol. The first-order valence-electron chi connectivity index (χ1n) is 6.32. The first-order valence-corrected chi connectivity index (χ1v) is 6.32. The van der Waals surface area contributed by atoms with Gasteiger partial charge in [0.2, 0.25) is 0 Å². The van der Waals surface area contributed by atoms with Crippen molar-refractivity contribution in [1.82, 2.24) is 14.9 Å². The molecule has 0 spiro atoms. The molecule has 0 bridgehead atoms. The summed E-state index contributed by atoms with van der Waals surface area (Å²) in [4.78, 5) is 16.2. The molecule has 2 unspecified atom stereocenters.